The SMILES string of the molecule is NC(=O)N1CCC2NN3CC=CC=CC3=C2C1. The summed E-state index contributed by atoms with van der Waals surface area (Å²) in [5.41, 5.74) is 11.3. The molecule has 2 amide bonds. The fourth-order valence-electron chi connectivity index (χ4n) is 2.61. The van der Waals surface area contributed by atoms with Crippen molar-refractivity contribution in [3.05, 3.63) is 35.6 Å². The number of rotatable bonds is 0. The van der Waals surface area contributed by atoms with Gasteiger partial charge < -0.3 is 15.6 Å². The highest BCUT2D eigenvalue weighted by atomic mass is 16.2. The molecule has 0 aromatic carbocycles. The number of piperidine rings is 1. The Bertz CT molecular complexity index is 438. The van der Waals surface area contributed by atoms with Crippen LogP contribution < -0.4 is 11.2 Å². The van der Waals surface area contributed by atoms with Crippen LogP contribution in [0, 0.1) is 0 Å². The number of carbonyl (C=O) groups is 1. The molecular weight excluding hydrogens is 216 g/mol. The third-order valence-electron chi connectivity index (χ3n) is 3.50. The van der Waals surface area contributed by atoms with Gasteiger partial charge in [-0.05, 0) is 18.1 Å². The second-order valence-electron chi connectivity index (χ2n) is 4.54. The van der Waals surface area contributed by atoms with Crippen LogP contribution in [0.25, 0.3) is 0 Å². The molecule has 1 saturated heterocycles. The molecule has 0 spiro atoms. The lowest BCUT2D eigenvalue weighted by Crippen LogP contribution is -2.47. The van der Waals surface area contributed by atoms with E-state index in [0.29, 0.717) is 12.6 Å². The number of hydrazine groups is 1. The molecule has 0 radical (unpaired) electrons. The number of allylic oxidation sites excluding steroid dienone is 3. The maximum absolute atomic E-state index is 11.2. The topological polar surface area (TPSA) is 61.6 Å². The Balaban J connectivity index is 1.90. The molecule has 0 aliphatic carbocycles. The summed E-state index contributed by atoms with van der Waals surface area (Å²) in [6.07, 6.45) is 9.21. The van der Waals surface area contributed by atoms with E-state index < -0.39 is 0 Å². The van der Waals surface area contributed by atoms with Crippen molar-refractivity contribution in [2.24, 2.45) is 5.73 Å². The molecule has 0 saturated carbocycles. The smallest absolute Gasteiger partial charge is 0.315 e. The van der Waals surface area contributed by atoms with Crippen LogP contribution in [0.15, 0.2) is 35.6 Å². The van der Waals surface area contributed by atoms with E-state index in [1.165, 1.54) is 11.3 Å². The number of likely N-dealkylation sites (tertiary alicyclic amines) is 1. The highest BCUT2D eigenvalue weighted by Gasteiger charge is 2.34. The van der Waals surface area contributed by atoms with Crippen LogP contribution in [-0.4, -0.2) is 41.6 Å². The van der Waals surface area contributed by atoms with Crippen molar-refractivity contribution in [1.82, 2.24) is 15.3 Å². The summed E-state index contributed by atoms with van der Waals surface area (Å²) >= 11 is 0. The second-order valence-corrected chi connectivity index (χ2v) is 4.54. The van der Waals surface area contributed by atoms with E-state index in [4.69, 9.17) is 5.73 Å². The van der Waals surface area contributed by atoms with Gasteiger partial charge in [-0.25, -0.2) is 10.2 Å². The Morgan fingerprint density at radius 2 is 2.35 bits per heavy atom. The molecule has 3 aliphatic rings. The van der Waals surface area contributed by atoms with Gasteiger partial charge in [0.2, 0.25) is 0 Å². The van der Waals surface area contributed by atoms with Gasteiger partial charge in [-0.2, -0.15) is 0 Å². The van der Waals surface area contributed by atoms with Crippen molar-refractivity contribution >= 4 is 6.03 Å². The minimum atomic E-state index is -0.328. The fraction of sp³-hybridized carbons (Fsp3) is 0.417. The summed E-state index contributed by atoms with van der Waals surface area (Å²) in [4.78, 5) is 12.9. The second kappa shape index (κ2) is 3.92. The van der Waals surface area contributed by atoms with Crippen LogP contribution in [0.3, 0.4) is 0 Å². The van der Waals surface area contributed by atoms with Crippen molar-refractivity contribution in [1.29, 1.82) is 0 Å². The first-order valence-corrected chi connectivity index (χ1v) is 5.90. The zero-order valence-corrected chi connectivity index (χ0v) is 9.60. The summed E-state index contributed by atoms with van der Waals surface area (Å²) in [5.74, 6) is 0. The van der Waals surface area contributed by atoms with Crippen LogP contribution >= 0.6 is 0 Å². The zero-order chi connectivity index (χ0) is 11.8. The molecule has 3 N–H and O–H groups in total. The first kappa shape index (κ1) is 10.4. The molecule has 0 aromatic heterocycles. The average molecular weight is 232 g/mol. The van der Waals surface area contributed by atoms with Gasteiger partial charge in [-0.15, -0.1) is 0 Å². The predicted molar refractivity (Wildman–Crippen MR) is 64.7 cm³/mol. The summed E-state index contributed by atoms with van der Waals surface area (Å²) in [7, 11) is 0. The standard InChI is InChI=1S/C12H16N4O/c13-12(17)15-7-5-10-9(8-15)11-4-2-1-3-6-16(11)14-10/h1-4,10,14H,5-8H2,(H2,13,17). The molecule has 1 unspecified atom stereocenters. The molecular formula is C12H16N4O. The number of carbonyl (C=O) groups excluding carboxylic acids is 1. The van der Waals surface area contributed by atoms with Crippen molar-refractivity contribution in [2.75, 3.05) is 19.6 Å². The Kier molecular flexibility index (Phi) is 2.40. The van der Waals surface area contributed by atoms with Crippen LogP contribution in [-0.2, 0) is 0 Å². The molecule has 0 bridgehead atoms. The zero-order valence-electron chi connectivity index (χ0n) is 9.60. The van der Waals surface area contributed by atoms with E-state index in [9.17, 15) is 4.79 Å². The van der Waals surface area contributed by atoms with E-state index in [2.05, 4.69) is 22.6 Å². The van der Waals surface area contributed by atoms with Crippen molar-refractivity contribution < 1.29 is 4.79 Å². The number of primary amides is 1. The number of hydrogen-bond acceptors (Lipinski definition) is 3. The normalized spacial score (nSPS) is 26.9. The molecule has 1 fully saturated rings. The lowest BCUT2D eigenvalue weighted by atomic mass is 9.98. The Hall–Kier alpha value is -1.75. The molecule has 5 heteroatoms. The third kappa shape index (κ3) is 1.72. The number of fused-ring (bicyclic) bond motifs is 2. The first-order valence-electron chi connectivity index (χ1n) is 5.90. The van der Waals surface area contributed by atoms with E-state index in [-0.39, 0.29) is 6.03 Å². The number of nitrogens with zero attached hydrogens (tertiary/aromatic N) is 2. The molecule has 0 aromatic rings. The number of hydrogen-bond donors (Lipinski definition) is 2. The quantitative estimate of drug-likeness (QED) is 0.633. The van der Waals surface area contributed by atoms with E-state index >= 15 is 0 Å². The minimum Gasteiger partial charge on any atom is -0.351 e. The van der Waals surface area contributed by atoms with Gasteiger partial charge >= 0.3 is 6.03 Å². The summed E-state index contributed by atoms with van der Waals surface area (Å²) in [6, 6.07) is 0.0301. The van der Waals surface area contributed by atoms with Gasteiger partial charge in [0, 0.05) is 13.1 Å². The van der Waals surface area contributed by atoms with Crippen molar-refractivity contribution in [3.8, 4) is 0 Å². The Morgan fingerprint density at radius 1 is 1.47 bits per heavy atom. The minimum absolute atomic E-state index is 0.328. The van der Waals surface area contributed by atoms with E-state index in [1.807, 2.05) is 12.2 Å². The fourth-order valence-corrected chi connectivity index (χ4v) is 2.61. The molecule has 3 heterocycles. The van der Waals surface area contributed by atoms with Gasteiger partial charge in [0.05, 0.1) is 18.3 Å². The van der Waals surface area contributed by atoms with Crippen molar-refractivity contribution in [3.63, 3.8) is 0 Å². The number of nitrogens with one attached hydrogen (secondary N) is 1. The summed E-state index contributed by atoms with van der Waals surface area (Å²) < 4.78 is 0. The lowest BCUT2D eigenvalue weighted by molar-refractivity contribution is 0.196. The highest BCUT2D eigenvalue weighted by molar-refractivity contribution is 5.72. The third-order valence-corrected chi connectivity index (χ3v) is 3.50. The molecule has 5 nitrogen and oxygen atoms in total. The lowest BCUT2D eigenvalue weighted by Gasteiger charge is -2.30. The van der Waals surface area contributed by atoms with Gasteiger partial charge in [0.25, 0.3) is 0 Å². The first-order chi connectivity index (χ1) is 8.25. The van der Waals surface area contributed by atoms with Gasteiger partial charge in [0.1, 0.15) is 0 Å². The van der Waals surface area contributed by atoms with Crippen LogP contribution in [0.2, 0.25) is 0 Å². The number of nitrogens with two attached hydrogens (primary N) is 1. The van der Waals surface area contributed by atoms with Gasteiger partial charge in [-0.1, -0.05) is 18.2 Å². The summed E-state index contributed by atoms with van der Waals surface area (Å²) in [5, 5.41) is 2.14. The molecule has 3 rings (SSSR count). The molecule has 1 atom stereocenters. The Morgan fingerprint density at radius 3 is 3.18 bits per heavy atom. The van der Waals surface area contributed by atoms with E-state index in [0.717, 1.165) is 19.5 Å². The van der Waals surface area contributed by atoms with Crippen molar-refractivity contribution in [2.45, 2.75) is 12.5 Å². The number of amides is 2. The largest absolute Gasteiger partial charge is 0.351 e. The van der Waals surface area contributed by atoms with Gasteiger partial charge in [-0.3, -0.25) is 0 Å². The molecule has 90 valence electrons. The number of urea groups is 1. The predicted octanol–water partition coefficient (Wildman–Crippen LogP) is 0.340. The average Bonchev–Trinajstić information content (AvgIpc) is 2.51. The molecule has 17 heavy (non-hydrogen) atoms. The van der Waals surface area contributed by atoms with Gasteiger partial charge in [0.15, 0.2) is 0 Å². The van der Waals surface area contributed by atoms with Crippen LogP contribution in [0.5, 0.6) is 0 Å². The maximum Gasteiger partial charge on any atom is 0.315 e. The Labute approximate surface area is 100 Å². The van der Waals surface area contributed by atoms with E-state index in [1.54, 1.807) is 4.90 Å². The monoisotopic (exact) mass is 232 g/mol. The van der Waals surface area contributed by atoms with Crippen LogP contribution in [0.1, 0.15) is 6.42 Å². The van der Waals surface area contributed by atoms with Crippen LogP contribution in [0.4, 0.5) is 4.79 Å². The highest BCUT2D eigenvalue weighted by Crippen LogP contribution is 2.28. The maximum atomic E-state index is 11.2. The summed E-state index contributed by atoms with van der Waals surface area (Å²) in [6.45, 7) is 2.24. The molecule has 3 aliphatic heterocycles.